The molecular weight excluding hydrogens is 260 g/mol. The van der Waals surface area contributed by atoms with Crippen LogP contribution in [0, 0.1) is 10.1 Å². The van der Waals surface area contributed by atoms with Gasteiger partial charge in [0.2, 0.25) is 11.8 Å². The normalized spacial score (nSPS) is 17.4. The van der Waals surface area contributed by atoms with Crippen molar-refractivity contribution in [2.45, 2.75) is 31.2 Å². The molecule has 0 aliphatic heterocycles. The molecule has 8 heteroatoms. The molecule has 0 spiro atoms. The van der Waals surface area contributed by atoms with Crippen LogP contribution in [0.15, 0.2) is 6.20 Å². The number of hydrogen-bond donors (Lipinski definition) is 2. The maximum Gasteiger partial charge on any atom is 0.329 e. The highest BCUT2D eigenvalue weighted by atomic mass is 16.6. The number of nitrogens with zero attached hydrogens (tertiary/aromatic N) is 4. The van der Waals surface area contributed by atoms with Gasteiger partial charge in [0.15, 0.2) is 0 Å². The van der Waals surface area contributed by atoms with Crippen molar-refractivity contribution in [3.8, 4) is 0 Å². The van der Waals surface area contributed by atoms with Crippen molar-refractivity contribution in [1.82, 2.24) is 14.9 Å². The van der Waals surface area contributed by atoms with Crippen molar-refractivity contribution in [2.24, 2.45) is 0 Å². The Morgan fingerprint density at radius 3 is 2.70 bits per heavy atom. The molecular formula is C12H20N6O2. The largest absolute Gasteiger partial charge is 0.368 e. The molecule has 1 aromatic rings. The first-order valence-corrected chi connectivity index (χ1v) is 6.63. The van der Waals surface area contributed by atoms with Gasteiger partial charge in [0.25, 0.3) is 0 Å². The van der Waals surface area contributed by atoms with Crippen LogP contribution in [0.25, 0.3) is 0 Å². The van der Waals surface area contributed by atoms with Crippen LogP contribution in [0.2, 0.25) is 0 Å². The Morgan fingerprint density at radius 1 is 1.50 bits per heavy atom. The zero-order valence-electron chi connectivity index (χ0n) is 11.8. The summed E-state index contributed by atoms with van der Waals surface area (Å²) in [4.78, 5) is 20.3. The summed E-state index contributed by atoms with van der Waals surface area (Å²) in [6, 6.07) is 0. The molecule has 110 valence electrons. The molecule has 20 heavy (non-hydrogen) atoms. The molecule has 1 fully saturated rings. The lowest BCUT2D eigenvalue weighted by atomic mass is 9.96. The van der Waals surface area contributed by atoms with E-state index in [0.717, 1.165) is 19.0 Å². The summed E-state index contributed by atoms with van der Waals surface area (Å²) in [7, 11) is 4.07. The van der Waals surface area contributed by atoms with Gasteiger partial charge < -0.3 is 16.0 Å². The summed E-state index contributed by atoms with van der Waals surface area (Å²) >= 11 is 0. The number of nitrogens with two attached hydrogens (primary N) is 1. The fourth-order valence-corrected chi connectivity index (χ4v) is 2.72. The molecule has 1 aliphatic rings. The molecule has 0 bridgehead atoms. The lowest BCUT2D eigenvalue weighted by Crippen LogP contribution is -2.47. The predicted molar refractivity (Wildman–Crippen MR) is 76.5 cm³/mol. The number of nitro groups is 1. The van der Waals surface area contributed by atoms with E-state index in [2.05, 4.69) is 20.2 Å². The van der Waals surface area contributed by atoms with Crippen molar-refractivity contribution in [3.63, 3.8) is 0 Å². The number of nitrogen functional groups attached to an aromatic ring is 1. The molecule has 8 nitrogen and oxygen atoms in total. The van der Waals surface area contributed by atoms with Crippen LogP contribution >= 0.6 is 0 Å². The van der Waals surface area contributed by atoms with Crippen LogP contribution in [-0.2, 0) is 0 Å². The van der Waals surface area contributed by atoms with Crippen LogP contribution in [0.4, 0.5) is 17.5 Å². The SMILES string of the molecule is CN(C)C1(CNc2nc(N)ncc2[N+](=O)[O-])CCCC1. The van der Waals surface area contributed by atoms with Gasteiger partial charge in [-0.2, -0.15) is 4.98 Å². The lowest BCUT2D eigenvalue weighted by molar-refractivity contribution is -0.384. The van der Waals surface area contributed by atoms with Crippen LogP contribution in [0.1, 0.15) is 25.7 Å². The number of rotatable bonds is 5. The van der Waals surface area contributed by atoms with Gasteiger partial charge in [-0.1, -0.05) is 12.8 Å². The quantitative estimate of drug-likeness (QED) is 0.617. The van der Waals surface area contributed by atoms with Gasteiger partial charge in [-0.15, -0.1) is 0 Å². The topological polar surface area (TPSA) is 110 Å². The standard InChI is InChI=1S/C12H20N6O2/c1-17(2)12(5-3-4-6-12)8-15-10-9(18(19)20)7-14-11(13)16-10/h7H,3-6,8H2,1-2H3,(H3,13,14,15,16). The van der Waals surface area contributed by atoms with Gasteiger partial charge in [-0.3, -0.25) is 10.1 Å². The zero-order valence-corrected chi connectivity index (χ0v) is 11.8. The fourth-order valence-electron chi connectivity index (χ4n) is 2.72. The monoisotopic (exact) mass is 280 g/mol. The maximum atomic E-state index is 11.0. The summed E-state index contributed by atoms with van der Waals surface area (Å²) in [5.74, 6) is 0.221. The van der Waals surface area contributed by atoms with E-state index in [9.17, 15) is 10.1 Å². The van der Waals surface area contributed by atoms with Crippen LogP contribution < -0.4 is 11.1 Å². The van der Waals surface area contributed by atoms with E-state index in [1.165, 1.54) is 12.8 Å². The number of hydrogen-bond acceptors (Lipinski definition) is 7. The van der Waals surface area contributed by atoms with E-state index in [4.69, 9.17) is 5.73 Å². The Balaban J connectivity index is 2.17. The van der Waals surface area contributed by atoms with Crippen LogP contribution in [0.5, 0.6) is 0 Å². The Kier molecular flexibility index (Phi) is 4.03. The fraction of sp³-hybridized carbons (Fsp3) is 0.667. The van der Waals surface area contributed by atoms with Crippen LogP contribution in [-0.4, -0.2) is 46.0 Å². The minimum Gasteiger partial charge on any atom is -0.368 e. The van der Waals surface area contributed by atoms with Gasteiger partial charge in [0.05, 0.1) is 4.92 Å². The molecule has 0 amide bonds. The highest BCUT2D eigenvalue weighted by molar-refractivity contribution is 5.56. The summed E-state index contributed by atoms with van der Waals surface area (Å²) in [6.07, 6.45) is 5.63. The molecule has 3 N–H and O–H groups in total. The maximum absolute atomic E-state index is 11.0. The summed E-state index contributed by atoms with van der Waals surface area (Å²) in [5, 5.41) is 14.1. The minimum absolute atomic E-state index is 0.0214. The average molecular weight is 280 g/mol. The van der Waals surface area contributed by atoms with Crippen LogP contribution in [0.3, 0.4) is 0 Å². The van der Waals surface area contributed by atoms with Crippen molar-refractivity contribution in [3.05, 3.63) is 16.3 Å². The van der Waals surface area contributed by atoms with Crippen molar-refractivity contribution >= 4 is 17.5 Å². The first-order chi connectivity index (χ1) is 9.44. The molecule has 0 atom stereocenters. The van der Waals surface area contributed by atoms with Gasteiger partial charge in [-0.05, 0) is 26.9 Å². The third-order valence-electron chi connectivity index (χ3n) is 4.05. The minimum atomic E-state index is -0.501. The molecule has 1 heterocycles. The number of anilines is 2. The molecule has 1 saturated carbocycles. The van der Waals surface area contributed by atoms with E-state index in [1.807, 2.05) is 14.1 Å². The van der Waals surface area contributed by atoms with Gasteiger partial charge in [-0.25, -0.2) is 4.98 Å². The molecule has 1 aliphatic carbocycles. The first-order valence-electron chi connectivity index (χ1n) is 6.63. The van der Waals surface area contributed by atoms with E-state index in [0.29, 0.717) is 6.54 Å². The summed E-state index contributed by atoms with van der Waals surface area (Å²) in [5.41, 5.74) is 5.38. The number of likely N-dealkylation sites (N-methyl/N-ethyl adjacent to an activating group) is 1. The van der Waals surface area contributed by atoms with Gasteiger partial charge in [0, 0.05) is 12.1 Å². The van der Waals surface area contributed by atoms with Crippen molar-refractivity contribution in [2.75, 3.05) is 31.7 Å². The number of aromatic nitrogens is 2. The highest BCUT2D eigenvalue weighted by Crippen LogP contribution is 2.34. The number of nitrogens with one attached hydrogen (secondary N) is 1. The molecule has 0 aromatic carbocycles. The second kappa shape index (κ2) is 5.58. The second-order valence-electron chi connectivity index (χ2n) is 5.40. The van der Waals surface area contributed by atoms with E-state index < -0.39 is 4.92 Å². The molecule has 0 unspecified atom stereocenters. The Morgan fingerprint density at radius 2 is 2.15 bits per heavy atom. The van der Waals surface area contributed by atoms with Crippen molar-refractivity contribution in [1.29, 1.82) is 0 Å². The molecule has 0 saturated heterocycles. The Bertz CT molecular complexity index is 499. The summed E-state index contributed by atoms with van der Waals surface area (Å²) < 4.78 is 0. The third-order valence-corrected chi connectivity index (χ3v) is 4.05. The molecule has 1 aromatic heterocycles. The van der Waals surface area contributed by atoms with Crippen molar-refractivity contribution < 1.29 is 4.92 Å². The highest BCUT2D eigenvalue weighted by Gasteiger charge is 2.36. The van der Waals surface area contributed by atoms with Gasteiger partial charge >= 0.3 is 5.69 Å². The summed E-state index contributed by atoms with van der Waals surface area (Å²) in [6.45, 7) is 0.608. The predicted octanol–water partition coefficient (Wildman–Crippen LogP) is 1.25. The first kappa shape index (κ1) is 14.4. The van der Waals surface area contributed by atoms with Gasteiger partial charge in [0.1, 0.15) is 6.20 Å². The second-order valence-corrected chi connectivity index (χ2v) is 5.40. The Hall–Kier alpha value is -1.96. The Labute approximate surface area is 117 Å². The lowest BCUT2D eigenvalue weighted by Gasteiger charge is -2.36. The molecule has 0 radical (unpaired) electrons. The molecule has 2 rings (SSSR count). The van der Waals surface area contributed by atoms with E-state index in [1.54, 1.807) is 0 Å². The smallest absolute Gasteiger partial charge is 0.329 e. The third kappa shape index (κ3) is 2.79. The van der Waals surface area contributed by atoms with E-state index >= 15 is 0 Å². The van der Waals surface area contributed by atoms with E-state index in [-0.39, 0.29) is 23.0 Å². The average Bonchev–Trinajstić information content (AvgIpc) is 2.86. The zero-order chi connectivity index (χ0) is 14.8.